The normalized spacial score (nSPS) is 17.4. The van der Waals surface area contributed by atoms with E-state index in [1.807, 2.05) is 25.2 Å². The molecular weight excluding hydrogens is 302 g/mol. The van der Waals surface area contributed by atoms with Gasteiger partial charge in [0.2, 0.25) is 5.91 Å². The lowest BCUT2D eigenvalue weighted by molar-refractivity contribution is -0.113. The van der Waals surface area contributed by atoms with Gasteiger partial charge in [0.05, 0.1) is 31.4 Å². The van der Waals surface area contributed by atoms with Gasteiger partial charge in [-0.05, 0) is 17.7 Å². The minimum Gasteiger partial charge on any atom is -0.493 e. The second-order valence-corrected chi connectivity index (χ2v) is 6.02. The van der Waals surface area contributed by atoms with Crippen LogP contribution in [0.15, 0.2) is 24.4 Å². The Kier molecular flexibility index (Phi) is 3.98. The average molecular weight is 319 g/mol. The molecule has 3 rings (SSSR count). The molecule has 0 aliphatic carbocycles. The maximum Gasteiger partial charge on any atom is 0.235 e. The highest BCUT2D eigenvalue weighted by atomic mass is 32.2. The fraction of sp³-hybridized carbons (Fsp3) is 0.333. The SMILES string of the molecule is COc1ccc([C@@H]2SCC(=O)Nc3c2cnn3C)cc1OC. The van der Waals surface area contributed by atoms with Crippen molar-refractivity contribution < 1.29 is 14.3 Å². The number of hydrogen-bond donors (Lipinski definition) is 1. The van der Waals surface area contributed by atoms with Crippen LogP contribution in [0.2, 0.25) is 0 Å². The summed E-state index contributed by atoms with van der Waals surface area (Å²) in [5, 5.41) is 7.18. The number of benzene rings is 1. The first-order valence-electron chi connectivity index (χ1n) is 6.79. The number of nitrogens with zero attached hydrogens (tertiary/aromatic N) is 2. The largest absolute Gasteiger partial charge is 0.493 e. The zero-order valence-electron chi connectivity index (χ0n) is 12.6. The molecule has 0 saturated heterocycles. The molecule has 2 aromatic rings. The highest BCUT2D eigenvalue weighted by Crippen LogP contribution is 2.43. The monoisotopic (exact) mass is 319 g/mol. The zero-order valence-corrected chi connectivity index (χ0v) is 13.4. The van der Waals surface area contributed by atoms with Crippen molar-refractivity contribution >= 4 is 23.5 Å². The predicted molar refractivity (Wildman–Crippen MR) is 85.7 cm³/mol. The molecule has 2 heterocycles. The van der Waals surface area contributed by atoms with Gasteiger partial charge in [-0.2, -0.15) is 5.10 Å². The van der Waals surface area contributed by atoms with Gasteiger partial charge in [0.1, 0.15) is 5.82 Å². The van der Waals surface area contributed by atoms with E-state index >= 15 is 0 Å². The lowest BCUT2D eigenvalue weighted by atomic mass is 10.1. The minimum atomic E-state index is -0.0159. The first kappa shape index (κ1) is 14.8. The molecule has 116 valence electrons. The molecule has 1 aliphatic rings. The molecule has 22 heavy (non-hydrogen) atoms. The Morgan fingerprint density at radius 2 is 2.09 bits per heavy atom. The van der Waals surface area contributed by atoms with Gasteiger partial charge in [-0.15, -0.1) is 11.8 Å². The summed E-state index contributed by atoms with van der Waals surface area (Å²) < 4.78 is 12.3. The van der Waals surface area contributed by atoms with E-state index in [-0.39, 0.29) is 11.2 Å². The number of thioether (sulfide) groups is 1. The van der Waals surface area contributed by atoms with Gasteiger partial charge >= 0.3 is 0 Å². The number of anilines is 1. The molecule has 1 amide bonds. The third kappa shape index (κ3) is 2.52. The van der Waals surface area contributed by atoms with Gasteiger partial charge < -0.3 is 14.8 Å². The molecule has 1 aromatic carbocycles. The van der Waals surface area contributed by atoms with Crippen LogP contribution in [-0.2, 0) is 11.8 Å². The third-order valence-electron chi connectivity index (χ3n) is 3.60. The lowest BCUT2D eigenvalue weighted by Crippen LogP contribution is -2.15. The van der Waals surface area contributed by atoms with Gasteiger partial charge in [-0.25, -0.2) is 0 Å². The fourth-order valence-electron chi connectivity index (χ4n) is 2.51. The minimum absolute atomic E-state index is 0.0159. The highest BCUT2D eigenvalue weighted by molar-refractivity contribution is 8.00. The van der Waals surface area contributed by atoms with E-state index in [4.69, 9.17) is 9.47 Å². The molecule has 0 spiro atoms. The Morgan fingerprint density at radius 3 is 2.82 bits per heavy atom. The first-order chi connectivity index (χ1) is 10.6. The van der Waals surface area contributed by atoms with E-state index in [0.29, 0.717) is 17.3 Å². The number of hydrogen-bond acceptors (Lipinski definition) is 5. The zero-order chi connectivity index (χ0) is 15.7. The Hall–Kier alpha value is -2.15. The second-order valence-electron chi connectivity index (χ2n) is 4.93. The summed E-state index contributed by atoms with van der Waals surface area (Å²) in [6.07, 6.45) is 1.80. The van der Waals surface area contributed by atoms with Gasteiger partial charge in [0.15, 0.2) is 11.5 Å². The number of amides is 1. The molecule has 0 unspecified atom stereocenters. The van der Waals surface area contributed by atoms with E-state index < -0.39 is 0 Å². The Labute approximate surface area is 132 Å². The van der Waals surface area contributed by atoms with Crippen LogP contribution in [0.5, 0.6) is 11.5 Å². The summed E-state index contributed by atoms with van der Waals surface area (Å²) >= 11 is 1.57. The van der Waals surface area contributed by atoms with Crippen LogP contribution in [-0.4, -0.2) is 35.7 Å². The van der Waals surface area contributed by atoms with Crippen molar-refractivity contribution in [1.29, 1.82) is 0 Å². The predicted octanol–water partition coefficient (Wildman–Crippen LogP) is 2.21. The second kappa shape index (κ2) is 5.92. The molecule has 7 heteroatoms. The van der Waals surface area contributed by atoms with Crippen LogP contribution in [0.3, 0.4) is 0 Å². The molecule has 1 N–H and O–H groups in total. The summed E-state index contributed by atoms with van der Waals surface area (Å²) in [7, 11) is 5.04. The van der Waals surface area contributed by atoms with Gasteiger partial charge in [0.25, 0.3) is 0 Å². The maximum absolute atomic E-state index is 11.9. The van der Waals surface area contributed by atoms with Crippen molar-refractivity contribution in [2.45, 2.75) is 5.25 Å². The summed E-state index contributed by atoms with van der Waals surface area (Å²) in [5.41, 5.74) is 2.04. The molecule has 0 radical (unpaired) electrons. The van der Waals surface area contributed by atoms with Crippen molar-refractivity contribution in [1.82, 2.24) is 9.78 Å². The molecule has 1 atom stereocenters. The number of aryl methyl sites for hydroxylation is 1. The molecule has 0 fully saturated rings. The Balaban J connectivity index is 2.06. The molecular formula is C15H17N3O3S. The van der Waals surface area contributed by atoms with Gasteiger partial charge in [0, 0.05) is 12.6 Å². The molecule has 6 nitrogen and oxygen atoms in total. The third-order valence-corrected chi connectivity index (χ3v) is 4.89. The van der Waals surface area contributed by atoms with Gasteiger partial charge in [-0.3, -0.25) is 9.48 Å². The summed E-state index contributed by atoms with van der Waals surface area (Å²) in [4.78, 5) is 11.9. The van der Waals surface area contributed by atoms with Crippen LogP contribution in [0.25, 0.3) is 0 Å². The highest BCUT2D eigenvalue weighted by Gasteiger charge is 2.27. The fourth-order valence-corrected chi connectivity index (χ4v) is 3.59. The number of carbonyl (C=O) groups excluding carboxylic acids is 1. The maximum atomic E-state index is 11.9. The summed E-state index contributed by atoms with van der Waals surface area (Å²) in [5.74, 6) is 2.49. The number of methoxy groups -OCH3 is 2. The smallest absolute Gasteiger partial charge is 0.235 e. The van der Waals surface area contributed by atoms with Crippen LogP contribution in [0.4, 0.5) is 5.82 Å². The Bertz CT molecular complexity index is 714. The van der Waals surface area contributed by atoms with Crippen LogP contribution >= 0.6 is 11.8 Å². The van der Waals surface area contributed by atoms with E-state index in [2.05, 4.69) is 10.4 Å². The van der Waals surface area contributed by atoms with Gasteiger partial charge in [-0.1, -0.05) is 6.07 Å². The summed E-state index contributed by atoms with van der Waals surface area (Å²) in [6.45, 7) is 0. The quantitative estimate of drug-likeness (QED) is 0.939. The van der Waals surface area contributed by atoms with Crippen molar-refractivity contribution in [2.24, 2.45) is 7.05 Å². The average Bonchev–Trinajstić information content (AvgIpc) is 2.79. The number of ether oxygens (including phenoxy) is 2. The van der Waals surface area contributed by atoms with E-state index in [0.717, 1.165) is 16.9 Å². The van der Waals surface area contributed by atoms with Crippen molar-refractivity contribution in [3.8, 4) is 11.5 Å². The van der Waals surface area contributed by atoms with Crippen molar-refractivity contribution in [3.05, 3.63) is 35.5 Å². The van der Waals surface area contributed by atoms with Crippen LogP contribution in [0, 0.1) is 0 Å². The standard InChI is InChI=1S/C15H17N3O3S/c1-18-15-10(7-16-18)14(22-8-13(19)17-15)9-4-5-11(20-2)12(6-9)21-3/h4-7,14H,8H2,1-3H3,(H,17,19)/t14-/m0/s1. The van der Waals surface area contributed by atoms with E-state index in [1.54, 1.807) is 36.9 Å². The van der Waals surface area contributed by atoms with E-state index in [1.165, 1.54) is 0 Å². The van der Waals surface area contributed by atoms with Crippen LogP contribution < -0.4 is 14.8 Å². The van der Waals surface area contributed by atoms with E-state index in [9.17, 15) is 4.79 Å². The number of carbonyl (C=O) groups is 1. The number of nitrogens with one attached hydrogen (secondary N) is 1. The number of rotatable bonds is 3. The molecule has 1 aromatic heterocycles. The summed E-state index contributed by atoms with van der Waals surface area (Å²) in [6, 6.07) is 5.82. The van der Waals surface area contributed by atoms with Crippen LogP contribution in [0.1, 0.15) is 16.4 Å². The topological polar surface area (TPSA) is 65.4 Å². The molecule has 0 bridgehead atoms. The first-order valence-corrected chi connectivity index (χ1v) is 7.84. The molecule has 0 saturated carbocycles. The Morgan fingerprint density at radius 1 is 1.32 bits per heavy atom. The lowest BCUT2D eigenvalue weighted by Gasteiger charge is -2.16. The number of fused-ring (bicyclic) bond motifs is 1. The number of aromatic nitrogens is 2. The van der Waals surface area contributed by atoms with Crippen molar-refractivity contribution in [3.63, 3.8) is 0 Å². The van der Waals surface area contributed by atoms with Crippen molar-refractivity contribution in [2.75, 3.05) is 25.3 Å². The molecule has 1 aliphatic heterocycles.